The normalized spacial score (nSPS) is 17.1. The molecule has 1 aliphatic heterocycles. The third kappa shape index (κ3) is 2.96. The summed E-state index contributed by atoms with van der Waals surface area (Å²) in [6, 6.07) is 4.67. The molecule has 3 N–H and O–H groups in total. The zero-order valence-electron chi connectivity index (χ0n) is 13.2. The van der Waals surface area contributed by atoms with Crippen LogP contribution in [0.5, 0.6) is 0 Å². The van der Waals surface area contributed by atoms with Crippen LogP contribution < -0.4 is 11.1 Å². The van der Waals surface area contributed by atoms with E-state index in [1.165, 1.54) is 6.07 Å². The van der Waals surface area contributed by atoms with Gasteiger partial charge in [-0.25, -0.2) is 0 Å². The molecule has 0 fully saturated rings. The first kappa shape index (κ1) is 15.3. The van der Waals surface area contributed by atoms with Crippen molar-refractivity contribution in [3.63, 3.8) is 0 Å². The molecule has 1 aromatic carbocycles. The predicted octanol–water partition coefficient (Wildman–Crippen LogP) is 2.32. The third-order valence-corrected chi connectivity index (χ3v) is 4.07. The molecule has 1 aliphatic rings. The van der Waals surface area contributed by atoms with E-state index in [1.807, 2.05) is 0 Å². The van der Waals surface area contributed by atoms with E-state index in [0.29, 0.717) is 17.9 Å². The van der Waals surface area contributed by atoms with E-state index >= 15 is 0 Å². The van der Waals surface area contributed by atoms with E-state index in [9.17, 15) is 10.1 Å². The van der Waals surface area contributed by atoms with E-state index in [2.05, 4.69) is 33.9 Å². The molecule has 1 atom stereocenters. The van der Waals surface area contributed by atoms with Gasteiger partial charge in [0.2, 0.25) is 0 Å². The Morgan fingerprint density at radius 2 is 2.22 bits per heavy atom. The van der Waals surface area contributed by atoms with Gasteiger partial charge in [-0.3, -0.25) is 10.1 Å². The largest absolute Gasteiger partial charge is 0.399 e. The summed E-state index contributed by atoms with van der Waals surface area (Å²) >= 11 is 0. The van der Waals surface area contributed by atoms with Crippen molar-refractivity contribution in [2.45, 2.75) is 45.2 Å². The van der Waals surface area contributed by atoms with Gasteiger partial charge in [0.1, 0.15) is 17.3 Å². The first-order chi connectivity index (χ1) is 11.0. The van der Waals surface area contributed by atoms with E-state index in [1.54, 1.807) is 12.1 Å². The number of fused-ring (bicyclic) bond motifs is 1. The van der Waals surface area contributed by atoms with Crippen molar-refractivity contribution in [2.24, 2.45) is 0 Å². The number of anilines is 2. The zero-order valence-corrected chi connectivity index (χ0v) is 13.2. The summed E-state index contributed by atoms with van der Waals surface area (Å²) in [5.41, 5.74) is 6.77. The van der Waals surface area contributed by atoms with Crippen LogP contribution in [0.4, 0.5) is 17.1 Å². The molecule has 0 unspecified atom stereocenters. The summed E-state index contributed by atoms with van der Waals surface area (Å²) in [5.74, 6) is 2.22. The number of benzene rings is 1. The molecule has 0 bridgehead atoms. The Hall–Kier alpha value is -2.64. The van der Waals surface area contributed by atoms with Crippen molar-refractivity contribution in [3.8, 4) is 0 Å². The van der Waals surface area contributed by atoms with Gasteiger partial charge in [-0.1, -0.05) is 13.8 Å². The number of nitro benzene ring substituents is 1. The molecular weight excluding hydrogens is 296 g/mol. The van der Waals surface area contributed by atoms with Gasteiger partial charge in [0.15, 0.2) is 0 Å². The van der Waals surface area contributed by atoms with Crippen LogP contribution in [0.25, 0.3) is 0 Å². The lowest BCUT2D eigenvalue weighted by Gasteiger charge is -2.26. The number of nitrogens with two attached hydrogens (primary N) is 1. The zero-order chi connectivity index (χ0) is 16.6. The van der Waals surface area contributed by atoms with Gasteiger partial charge >= 0.3 is 0 Å². The number of nitrogens with one attached hydrogen (secondary N) is 1. The highest BCUT2D eigenvalue weighted by Crippen LogP contribution is 2.29. The van der Waals surface area contributed by atoms with Crippen molar-refractivity contribution in [1.29, 1.82) is 0 Å². The SMILES string of the molecule is CC(C)c1nnc2n1C[C@H](Nc1cc(N)ccc1[N+](=O)[O-])CC2. The lowest BCUT2D eigenvalue weighted by Crippen LogP contribution is -2.32. The van der Waals surface area contributed by atoms with Crippen molar-refractivity contribution < 1.29 is 4.92 Å². The van der Waals surface area contributed by atoms with Crippen LogP contribution in [-0.2, 0) is 13.0 Å². The summed E-state index contributed by atoms with van der Waals surface area (Å²) in [6.45, 7) is 4.86. The standard InChI is InChI=1S/C15H20N6O2/c1-9(2)15-19-18-14-6-4-11(8-20(14)15)17-12-7-10(16)3-5-13(12)21(22)23/h3,5,7,9,11,17H,4,6,8,16H2,1-2H3/t11-/m1/s1. The van der Waals surface area contributed by atoms with Crippen molar-refractivity contribution in [3.05, 3.63) is 40.0 Å². The number of aryl methyl sites for hydroxylation is 1. The van der Waals surface area contributed by atoms with Crippen LogP contribution in [0.15, 0.2) is 18.2 Å². The van der Waals surface area contributed by atoms with Gasteiger partial charge in [0.05, 0.1) is 4.92 Å². The van der Waals surface area contributed by atoms with Crippen LogP contribution in [0, 0.1) is 10.1 Å². The average Bonchev–Trinajstić information content (AvgIpc) is 2.90. The Morgan fingerprint density at radius 1 is 1.43 bits per heavy atom. The van der Waals surface area contributed by atoms with Crippen LogP contribution in [-0.4, -0.2) is 25.7 Å². The minimum absolute atomic E-state index is 0.0397. The molecule has 2 heterocycles. The van der Waals surface area contributed by atoms with E-state index < -0.39 is 4.92 Å². The summed E-state index contributed by atoms with van der Waals surface area (Å²) in [5, 5.41) is 22.9. The van der Waals surface area contributed by atoms with Crippen LogP contribution >= 0.6 is 0 Å². The first-order valence-electron chi connectivity index (χ1n) is 7.68. The Balaban J connectivity index is 1.84. The van der Waals surface area contributed by atoms with Gasteiger partial charge in [0, 0.05) is 36.7 Å². The average molecular weight is 316 g/mol. The first-order valence-corrected chi connectivity index (χ1v) is 7.68. The molecule has 1 aromatic heterocycles. The molecule has 0 amide bonds. The maximum Gasteiger partial charge on any atom is 0.292 e. The molecule has 122 valence electrons. The second kappa shape index (κ2) is 5.86. The maximum atomic E-state index is 11.2. The second-order valence-corrected chi connectivity index (χ2v) is 6.15. The number of hydrogen-bond donors (Lipinski definition) is 2. The highest BCUT2D eigenvalue weighted by atomic mass is 16.6. The fourth-order valence-corrected chi connectivity index (χ4v) is 2.94. The van der Waals surface area contributed by atoms with Gasteiger partial charge in [-0.15, -0.1) is 10.2 Å². The van der Waals surface area contributed by atoms with Crippen LogP contribution in [0.1, 0.15) is 37.8 Å². The van der Waals surface area contributed by atoms with Gasteiger partial charge < -0.3 is 15.6 Å². The lowest BCUT2D eigenvalue weighted by molar-refractivity contribution is -0.384. The summed E-state index contributed by atoms with van der Waals surface area (Å²) in [7, 11) is 0. The van der Waals surface area contributed by atoms with E-state index in [4.69, 9.17) is 5.73 Å². The number of hydrogen-bond acceptors (Lipinski definition) is 6. The predicted molar refractivity (Wildman–Crippen MR) is 87.4 cm³/mol. The molecule has 0 radical (unpaired) electrons. The third-order valence-electron chi connectivity index (χ3n) is 4.07. The summed E-state index contributed by atoms with van der Waals surface area (Å²) in [6.07, 6.45) is 1.65. The molecule has 8 nitrogen and oxygen atoms in total. The van der Waals surface area contributed by atoms with Gasteiger partial charge in [0.25, 0.3) is 5.69 Å². The van der Waals surface area contributed by atoms with Gasteiger partial charge in [-0.2, -0.15) is 0 Å². The Morgan fingerprint density at radius 3 is 2.91 bits per heavy atom. The molecule has 0 saturated heterocycles. The van der Waals surface area contributed by atoms with Crippen molar-refractivity contribution in [1.82, 2.24) is 14.8 Å². The Bertz CT molecular complexity index is 740. The number of nitrogen functional groups attached to an aromatic ring is 1. The second-order valence-electron chi connectivity index (χ2n) is 6.15. The topological polar surface area (TPSA) is 112 Å². The van der Waals surface area contributed by atoms with Crippen LogP contribution in [0.2, 0.25) is 0 Å². The fraction of sp³-hybridized carbons (Fsp3) is 0.467. The minimum atomic E-state index is -0.394. The number of aromatic nitrogens is 3. The number of nitrogens with zero attached hydrogens (tertiary/aromatic N) is 4. The minimum Gasteiger partial charge on any atom is -0.399 e. The highest BCUT2D eigenvalue weighted by Gasteiger charge is 2.25. The molecule has 2 aromatic rings. The smallest absolute Gasteiger partial charge is 0.292 e. The fourth-order valence-electron chi connectivity index (χ4n) is 2.94. The van der Waals surface area contributed by atoms with Crippen molar-refractivity contribution >= 4 is 17.1 Å². The molecule has 0 spiro atoms. The van der Waals surface area contributed by atoms with Crippen molar-refractivity contribution in [2.75, 3.05) is 11.1 Å². The lowest BCUT2D eigenvalue weighted by atomic mass is 10.1. The summed E-state index contributed by atoms with van der Waals surface area (Å²) in [4.78, 5) is 10.8. The molecule has 8 heteroatoms. The molecule has 0 aliphatic carbocycles. The Labute approximate surface area is 133 Å². The molecule has 0 saturated carbocycles. The molecular formula is C15H20N6O2. The number of rotatable bonds is 4. The van der Waals surface area contributed by atoms with E-state index in [-0.39, 0.29) is 17.6 Å². The summed E-state index contributed by atoms with van der Waals surface area (Å²) < 4.78 is 2.12. The number of nitro groups is 1. The Kier molecular flexibility index (Phi) is 3.89. The van der Waals surface area contributed by atoms with Gasteiger partial charge in [-0.05, 0) is 18.6 Å². The maximum absolute atomic E-state index is 11.2. The van der Waals surface area contributed by atoms with E-state index in [0.717, 1.165) is 24.5 Å². The highest BCUT2D eigenvalue weighted by molar-refractivity contribution is 5.67. The monoisotopic (exact) mass is 316 g/mol. The molecule has 23 heavy (non-hydrogen) atoms. The quantitative estimate of drug-likeness (QED) is 0.508. The van der Waals surface area contributed by atoms with Crippen LogP contribution in [0.3, 0.4) is 0 Å². The molecule has 3 rings (SSSR count).